The molecule has 0 aromatic rings. The van der Waals surface area contributed by atoms with E-state index in [-0.39, 0.29) is 51.6 Å². The molecule has 17 heteroatoms. The summed E-state index contributed by atoms with van der Waals surface area (Å²) in [6.07, 6.45) is -7.31. The molecule has 2 atom stereocenters. The van der Waals surface area contributed by atoms with E-state index in [1.165, 1.54) is 0 Å². The summed E-state index contributed by atoms with van der Waals surface area (Å²) in [5, 5.41) is 11.1. The average Bonchev–Trinajstić information content (AvgIpc) is 2.88. The van der Waals surface area contributed by atoms with Gasteiger partial charge in [0.05, 0.1) is 0 Å². The zero-order chi connectivity index (χ0) is 34.0. The minimum absolute atomic E-state index is 0.00292. The molecule has 0 saturated carbocycles. The number of alkyl halides is 6. The predicted molar refractivity (Wildman–Crippen MR) is 148 cm³/mol. The molecule has 0 saturated heterocycles. The molecule has 0 spiro atoms. The molecule has 5 amide bonds. The second-order valence-electron chi connectivity index (χ2n) is 11.1. The fraction of sp³-hybridized carbons (Fsp3) is 0.815. The maximum Gasteiger partial charge on any atom is 0.471 e. The largest absolute Gasteiger partial charge is 0.471 e. The van der Waals surface area contributed by atoms with E-state index in [4.69, 9.17) is 4.74 Å². The molecule has 256 valence electrons. The van der Waals surface area contributed by atoms with Crippen LogP contribution in [-0.4, -0.2) is 79.4 Å². The first kappa shape index (κ1) is 40.7. The molecular weight excluding hydrogens is 604 g/mol. The van der Waals surface area contributed by atoms with Gasteiger partial charge in [-0.05, 0) is 65.7 Å². The van der Waals surface area contributed by atoms with Crippen molar-refractivity contribution in [3.63, 3.8) is 0 Å². The molecule has 0 heterocycles. The lowest BCUT2D eigenvalue weighted by molar-refractivity contribution is -0.173. The molecule has 0 rings (SSSR count). The molecular formula is C27H45F6N5O6. The fourth-order valence-electron chi connectivity index (χ4n) is 3.70. The number of ether oxygens (including phenoxy) is 1. The van der Waals surface area contributed by atoms with Gasteiger partial charge < -0.3 is 31.3 Å². The van der Waals surface area contributed by atoms with E-state index in [0.29, 0.717) is 13.0 Å². The molecule has 0 aliphatic rings. The first-order valence-electron chi connectivity index (χ1n) is 14.6. The second kappa shape index (κ2) is 19.9. The molecule has 0 aliphatic heterocycles. The van der Waals surface area contributed by atoms with Gasteiger partial charge in [-0.2, -0.15) is 26.3 Å². The van der Waals surface area contributed by atoms with Gasteiger partial charge in [-0.3, -0.25) is 19.2 Å². The van der Waals surface area contributed by atoms with E-state index in [0.717, 1.165) is 19.3 Å². The van der Waals surface area contributed by atoms with E-state index in [2.05, 4.69) is 16.0 Å². The number of nitrogens with one attached hydrogen (secondary N) is 5. The summed E-state index contributed by atoms with van der Waals surface area (Å²) in [5.41, 5.74) is -0.922. The monoisotopic (exact) mass is 649 g/mol. The Kier molecular flexibility index (Phi) is 18.4. The van der Waals surface area contributed by atoms with Crippen LogP contribution in [0.1, 0.15) is 91.9 Å². The van der Waals surface area contributed by atoms with Crippen LogP contribution in [0.25, 0.3) is 0 Å². The Morgan fingerprint density at radius 3 is 1.45 bits per heavy atom. The van der Waals surface area contributed by atoms with E-state index < -0.39 is 59.8 Å². The molecule has 5 N–H and O–H groups in total. The van der Waals surface area contributed by atoms with Crippen LogP contribution in [0.3, 0.4) is 0 Å². The van der Waals surface area contributed by atoms with Gasteiger partial charge in [0.25, 0.3) is 0 Å². The summed E-state index contributed by atoms with van der Waals surface area (Å²) in [7, 11) is 0. The number of halogens is 6. The van der Waals surface area contributed by atoms with Gasteiger partial charge in [-0.1, -0.05) is 26.2 Å². The highest BCUT2D eigenvalue weighted by Crippen LogP contribution is 2.15. The molecule has 0 aliphatic carbocycles. The third kappa shape index (κ3) is 19.8. The topological polar surface area (TPSA) is 155 Å². The highest BCUT2D eigenvalue weighted by atomic mass is 19.4. The maximum absolute atomic E-state index is 13.2. The van der Waals surface area contributed by atoms with Crippen LogP contribution in [0.15, 0.2) is 0 Å². The summed E-state index contributed by atoms with van der Waals surface area (Å²) in [6.45, 7) is 6.44. The van der Waals surface area contributed by atoms with Gasteiger partial charge in [0.1, 0.15) is 17.7 Å². The number of rotatable bonds is 19. The molecule has 11 nitrogen and oxygen atoms in total. The van der Waals surface area contributed by atoms with Crippen molar-refractivity contribution in [2.24, 2.45) is 0 Å². The summed E-state index contributed by atoms with van der Waals surface area (Å²) in [4.78, 5) is 60.5. The van der Waals surface area contributed by atoms with Crippen LogP contribution in [-0.2, 0) is 23.9 Å². The quantitative estimate of drug-likeness (QED) is 0.106. The Morgan fingerprint density at radius 2 is 1.02 bits per heavy atom. The maximum atomic E-state index is 13.2. The van der Waals surface area contributed by atoms with Crippen molar-refractivity contribution in [3.05, 3.63) is 0 Å². The smallest absolute Gasteiger partial charge is 0.444 e. The van der Waals surface area contributed by atoms with E-state index >= 15 is 0 Å². The van der Waals surface area contributed by atoms with Gasteiger partial charge in [-0.15, -0.1) is 0 Å². The zero-order valence-corrected chi connectivity index (χ0v) is 25.6. The van der Waals surface area contributed by atoms with Crippen LogP contribution < -0.4 is 26.6 Å². The normalized spacial score (nSPS) is 13.3. The lowest BCUT2D eigenvalue weighted by Crippen LogP contribution is -2.54. The molecule has 2 unspecified atom stereocenters. The van der Waals surface area contributed by atoms with Gasteiger partial charge in [-0.25, -0.2) is 4.79 Å². The lowest BCUT2D eigenvalue weighted by atomic mass is 10.1. The van der Waals surface area contributed by atoms with Gasteiger partial charge >= 0.3 is 30.3 Å². The first-order valence-corrected chi connectivity index (χ1v) is 14.6. The number of amides is 5. The Morgan fingerprint density at radius 1 is 0.591 bits per heavy atom. The summed E-state index contributed by atoms with van der Waals surface area (Å²) in [6, 6.07) is -2.41. The number of alkyl carbamates (subject to hydrolysis) is 1. The van der Waals surface area contributed by atoms with Crippen molar-refractivity contribution >= 4 is 29.7 Å². The standard InChI is InChI=1S/C27H45F6N5O6/c1-5-6-7-10-15-34-20(39)18(13-8-11-16-35-22(41)26(28,29)30)37-21(40)19(38-24(43)44-25(2,3)4)14-9-12-17-36-23(42)27(31,32)33/h18-19H,5-17H2,1-4H3,(H,34,39)(H,35,41)(H,36,42)(H,37,40)(H,38,43). The molecule has 0 bridgehead atoms. The second-order valence-corrected chi connectivity index (χ2v) is 11.1. The third-order valence-electron chi connectivity index (χ3n) is 5.90. The molecule has 0 fully saturated rings. The minimum Gasteiger partial charge on any atom is -0.444 e. The summed E-state index contributed by atoms with van der Waals surface area (Å²) in [5.74, 6) is -5.56. The number of unbranched alkanes of at least 4 members (excludes halogenated alkanes) is 5. The third-order valence-corrected chi connectivity index (χ3v) is 5.90. The number of hydrogen-bond donors (Lipinski definition) is 5. The average molecular weight is 650 g/mol. The first-order chi connectivity index (χ1) is 20.3. The Balaban J connectivity index is 5.41. The zero-order valence-electron chi connectivity index (χ0n) is 25.6. The highest BCUT2D eigenvalue weighted by molar-refractivity contribution is 5.91. The van der Waals surface area contributed by atoms with Crippen molar-refractivity contribution in [3.8, 4) is 0 Å². The van der Waals surface area contributed by atoms with Crippen LogP contribution in [0.4, 0.5) is 31.1 Å². The molecule has 0 aromatic heterocycles. The SMILES string of the molecule is CCCCCCNC(=O)C(CCCCNC(=O)C(F)(F)F)NC(=O)C(CCCCNC(=O)C(F)(F)F)NC(=O)OC(C)(C)C. The van der Waals surface area contributed by atoms with Gasteiger partial charge in [0.2, 0.25) is 11.8 Å². The number of carbonyl (C=O) groups is 5. The van der Waals surface area contributed by atoms with Gasteiger partial charge in [0, 0.05) is 19.6 Å². The molecule has 44 heavy (non-hydrogen) atoms. The Bertz CT molecular complexity index is 924. The van der Waals surface area contributed by atoms with Crippen LogP contribution >= 0.6 is 0 Å². The van der Waals surface area contributed by atoms with E-state index in [9.17, 15) is 50.3 Å². The van der Waals surface area contributed by atoms with Crippen molar-refractivity contribution in [1.82, 2.24) is 26.6 Å². The summed E-state index contributed by atoms with van der Waals surface area (Å²) < 4.78 is 79.5. The van der Waals surface area contributed by atoms with Crippen LogP contribution in [0.2, 0.25) is 0 Å². The highest BCUT2D eigenvalue weighted by Gasteiger charge is 2.39. The molecule has 0 radical (unpaired) electrons. The minimum atomic E-state index is -5.05. The fourth-order valence-corrected chi connectivity index (χ4v) is 3.70. The lowest BCUT2D eigenvalue weighted by Gasteiger charge is -2.25. The van der Waals surface area contributed by atoms with E-state index in [1.54, 1.807) is 31.4 Å². The van der Waals surface area contributed by atoms with Gasteiger partial charge in [0.15, 0.2) is 0 Å². The van der Waals surface area contributed by atoms with Crippen LogP contribution in [0.5, 0.6) is 0 Å². The van der Waals surface area contributed by atoms with Crippen molar-refractivity contribution in [2.45, 2.75) is 122 Å². The van der Waals surface area contributed by atoms with Crippen molar-refractivity contribution in [2.75, 3.05) is 19.6 Å². The van der Waals surface area contributed by atoms with Crippen molar-refractivity contribution in [1.29, 1.82) is 0 Å². The Labute approximate surface area is 253 Å². The van der Waals surface area contributed by atoms with Crippen molar-refractivity contribution < 1.29 is 55.1 Å². The molecule has 0 aromatic carbocycles. The summed E-state index contributed by atoms with van der Waals surface area (Å²) >= 11 is 0. The number of carbonyl (C=O) groups excluding carboxylic acids is 5. The van der Waals surface area contributed by atoms with E-state index in [1.807, 2.05) is 6.92 Å². The predicted octanol–water partition coefficient (Wildman–Crippen LogP) is 3.76. The Hall–Kier alpha value is -3.27. The number of hydrogen-bond acceptors (Lipinski definition) is 6. The van der Waals surface area contributed by atoms with Crippen LogP contribution in [0, 0.1) is 0 Å².